The summed E-state index contributed by atoms with van der Waals surface area (Å²) in [6.45, 7) is 3.93. The summed E-state index contributed by atoms with van der Waals surface area (Å²) < 4.78 is 37.2. The van der Waals surface area contributed by atoms with Crippen LogP contribution in [0.3, 0.4) is 0 Å². The fourth-order valence-corrected chi connectivity index (χ4v) is 4.10. The maximum absolute atomic E-state index is 12.8. The zero-order chi connectivity index (χ0) is 18.1. The van der Waals surface area contributed by atoms with Crippen LogP contribution in [0.2, 0.25) is 0 Å². The third-order valence-corrected chi connectivity index (χ3v) is 5.87. The summed E-state index contributed by atoms with van der Waals surface area (Å²) in [5, 5.41) is 2.63. The topological polar surface area (TPSA) is 84.9 Å². The van der Waals surface area contributed by atoms with E-state index in [1.54, 1.807) is 19.1 Å². The van der Waals surface area contributed by atoms with E-state index in [1.165, 1.54) is 21.3 Å². The standard InChI is InChI=1S/C16H22N2O5S/c1-6-7-17-16(19)15-10(2)11-8-13(22-4)14(23-5)9-12(11)18(3)24(15,20)21/h8-9H,6-7H2,1-5H3,(H,17,19). The molecule has 0 aromatic heterocycles. The first-order valence-corrected chi connectivity index (χ1v) is 8.98. The average Bonchev–Trinajstić information content (AvgIpc) is 2.56. The van der Waals surface area contributed by atoms with Gasteiger partial charge in [-0.05, 0) is 25.0 Å². The molecule has 8 heteroatoms. The zero-order valence-electron chi connectivity index (χ0n) is 14.5. The second-order valence-electron chi connectivity index (χ2n) is 5.41. The number of hydrogen-bond donors (Lipinski definition) is 1. The number of fused-ring (bicyclic) bond motifs is 1. The monoisotopic (exact) mass is 354 g/mol. The van der Waals surface area contributed by atoms with E-state index in [-0.39, 0.29) is 4.91 Å². The molecular weight excluding hydrogens is 332 g/mol. The third-order valence-electron chi connectivity index (χ3n) is 3.95. The summed E-state index contributed by atoms with van der Waals surface area (Å²) in [5.41, 5.74) is 1.45. The van der Waals surface area contributed by atoms with E-state index < -0.39 is 15.9 Å². The van der Waals surface area contributed by atoms with E-state index in [0.717, 1.165) is 10.7 Å². The highest BCUT2D eigenvalue weighted by Gasteiger charge is 2.38. The molecule has 0 spiro atoms. The van der Waals surface area contributed by atoms with Crippen LogP contribution >= 0.6 is 0 Å². The van der Waals surface area contributed by atoms with Gasteiger partial charge in [0.15, 0.2) is 16.4 Å². The maximum atomic E-state index is 12.8. The molecule has 1 N–H and O–H groups in total. The van der Waals surface area contributed by atoms with Crippen LogP contribution in [0.15, 0.2) is 17.0 Å². The molecule has 132 valence electrons. The summed E-state index contributed by atoms with van der Waals surface area (Å²) in [7, 11) is 0.463. The van der Waals surface area contributed by atoms with Gasteiger partial charge in [-0.25, -0.2) is 8.42 Å². The lowest BCUT2D eigenvalue weighted by Gasteiger charge is -2.30. The Labute approximate surface area is 142 Å². The predicted molar refractivity (Wildman–Crippen MR) is 92.8 cm³/mol. The van der Waals surface area contributed by atoms with Crippen molar-refractivity contribution in [2.75, 3.05) is 32.1 Å². The number of nitrogens with zero attached hydrogens (tertiary/aromatic N) is 1. The van der Waals surface area contributed by atoms with Crippen molar-refractivity contribution < 1.29 is 22.7 Å². The predicted octanol–water partition coefficient (Wildman–Crippen LogP) is 1.74. The Hall–Kier alpha value is -2.22. The number of hydrogen-bond acceptors (Lipinski definition) is 5. The fourth-order valence-electron chi connectivity index (χ4n) is 2.62. The lowest BCUT2D eigenvalue weighted by molar-refractivity contribution is -0.116. The molecule has 1 amide bonds. The molecule has 1 heterocycles. The number of benzene rings is 1. The number of nitrogens with one attached hydrogen (secondary N) is 1. The number of carbonyl (C=O) groups excluding carboxylic acids is 1. The van der Waals surface area contributed by atoms with Crippen molar-refractivity contribution in [1.82, 2.24) is 5.32 Å². The number of allylic oxidation sites excluding steroid dienone is 1. The van der Waals surface area contributed by atoms with Crippen LogP contribution in [0.1, 0.15) is 25.8 Å². The molecule has 0 unspecified atom stereocenters. The Balaban J connectivity index is 2.71. The number of carbonyl (C=O) groups is 1. The minimum atomic E-state index is -3.93. The van der Waals surface area contributed by atoms with E-state index in [4.69, 9.17) is 9.47 Å². The van der Waals surface area contributed by atoms with Gasteiger partial charge in [-0.2, -0.15) is 0 Å². The van der Waals surface area contributed by atoms with Crippen LogP contribution in [0.4, 0.5) is 5.69 Å². The Morgan fingerprint density at radius 2 is 1.79 bits per heavy atom. The van der Waals surface area contributed by atoms with Gasteiger partial charge in [0.25, 0.3) is 15.9 Å². The Kier molecular flexibility index (Phi) is 5.08. The summed E-state index contributed by atoms with van der Waals surface area (Å²) in [4.78, 5) is 12.1. The number of ether oxygens (including phenoxy) is 2. The van der Waals surface area contributed by atoms with Crippen LogP contribution in [0.25, 0.3) is 5.57 Å². The number of sulfonamides is 1. The van der Waals surface area contributed by atoms with E-state index in [9.17, 15) is 13.2 Å². The van der Waals surface area contributed by atoms with Crippen molar-refractivity contribution in [1.29, 1.82) is 0 Å². The van der Waals surface area contributed by atoms with E-state index in [1.807, 2.05) is 6.92 Å². The van der Waals surface area contributed by atoms with Crippen molar-refractivity contribution in [3.8, 4) is 11.5 Å². The fraction of sp³-hybridized carbons (Fsp3) is 0.438. The van der Waals surface area contributed by atoms with Gasteiger partial charge in [-0.15, -0.1) is 0 Å². The number of anilines is 1. The number of rotatable bonds is 5. The molecule has 0 atom stereocenters. The Morgan fingerprint density at radius 3 is 2.33 bits per heavy atom. The largest absolute Gasteiger partial charge is 0.493 e. The minimum Gasteiger partial charge on any atom is -0.493 e. The van der Waals surface area contributed by atoms with Crippen LogP contribution in [0.5, 0.6) is 11.5 Å². The van der Waals surface area contributed by atoms with Gasteiger partial charge in [0.2, 0.25) is 0 Å². The van der Waals surface area contributed by atoms with Crippen molar-refractivity contribution in [3.63, 3.8) is 0 Å². The second-order valence-corrected chi connectivity index (χ2v) is 7.31. The smallest absolute Gasteiger partial charge is 0.269 e. The van der Waals surface area contributed by atoms with E-state index in [0.29, 0.717) is 34.9 Å². The summed E-state index contributed by atoms with van der Waals surface area (Å²) >= 11 is 0. The van der Waals surface area contributed by atoms with Crippen molar-refractivity contribution in [2.24, 2.45) is 0 Å². The molecule has 7 nitrogen and oxygen atoms in total. The van der Waals surface area contributed by atoms with E-state index >= 15 is 0 Å². The van der Waals surface area contributed by atoms with Gasteiger partial charge >= 0.3 is 0 Å². The van der Waals surface area contributed by atoms with E-state index in [2.05, 4.69) is 5.32 Å². The first-order chi connectivity index (χ1) is 11.3. The Morgan fingerprint density at radius 1 is 1.21 bits per heavy atom. The number of methoxy groups -OCH3 is 2. The maximum Gasteiger partial charge on any atom is 0.269 e. The highest BCUT2D eigenvalue weighted by molar-refractivity contribution is 7.97. The minimum absolute atomic E-state index is 0.238. The van der Waals surface area contributed by atoms with Crippen LogP contribution in [0, 0.1) is 0 Å². The average molecular weight is 354 g/mol. The molecular formula is C16H22N2O5S. The van der Waals surface area contributed by atoms with Crippen LogP contribution in [-0.4, -0.2) is 42.1 Å². The molecule has 1 aromatic carbocycles. The van der Waals surface area contributed by atoms with Gasteiger partial charge < -0.3 is 14.8 Å². The zero-order valence-corrected chi connectivity index (χ0v) is 15.3. The summed E-state index contributed by atoms with van der Waals surface area (Å²) in [6, 6.07) is 3.28. The first kappa shape index (κ1) is 18.1. The molecule has 0 radical (unpaired) electrons. The highest BCUT2D eigenvalue weighted by Crippen LogP contribution is 2.44. The van der Waals surface area contributed by atoms with Crippen LogP contribution in [-0.2, 0) is 14.8 Å². The van der Waals surface area contributed by atoms with Gasteiger partial charge in [0, 0.05) is 25.2 Å². The quantitative estimate of drug-likeness (QED) is 0.871. The molecule has 0 saturated carbocycles. The van der Waals surface area contributed by atoms with Crippen molar-refractivity contribution >= 4 is 27.2 Å². The second kappa shape index (κ2) is 6.72. The molecule has 24 heavy (non-hydrogen) atoms. The highest BCUT2D eigenvalue weighted by atomic mass is 32.2. The van der Waals surface area contributed by atoms with Crippen molar-refractivity contribution in [2.45, 2.75) is 20.3 Å². The molecule has 0 aliphatic carbocycles. The number of amides is 1. The SMILES string of the molecule is CCCNC(=O)C1=C(C)c2cc(OC)c(OC)cc2N(C)S1(=O)=O. The third kappa shape index (κ3) is 2.82. The van der Waals surface area contributed by atoms with Gasteiger partial charge in [0.05, 0.1) is 19.9 Å². The van der Waals surface area contributed by atoms with Crippen LogP contribution < -0.4 is 19.1 Å². The first-order valence-electron chi connectivity index (χ1n) is 7.54. The van der Waals surface area contributed by atoms with Crippen molar-refractivity contribution in [3.05, 3.63) is 22.6 Å². The lowest BCUT2D eigenvalue weighted by atomic mass is 10.0. The molecule has 1 aromatic rings. The van der Waals surface area contributed by atoms with Gasteiger partial charge in [-0.1, -0.05) is 6.92 Å². The van der Waals surface area contributed by atoms with Gasteiger partial charge in [0.1, 0.15) is 0 Å². The molecule has 1 aliphatic rings. The molecule has 0 fully saturated rings. The molecule has 1 aliphatic heterocycles. The Bertz CT molecular complexity index is 799. The molecule has 0 saturated heterocycles. The molecule has 2 rings (SSSR count). The molecule has 0 bridgehead atoms. The summed E-state index contributed by atoms with van der Waals surface area (Å²) in [5.74, 6) is 0.295. The van der Waals surface area contributed by atoms with Gasteiger partial charge in [-0.3, -0.25) is 9.10 Å². The lowest BCUT2D eigenvalue weighted by Crippen LogP contribution is -2.39. The summed E-state index contributed by atoms with van der Waals surface area (Å²) in [6.07, 6.45) is 0.718. The normalized spacial score (nSPS) is 15.8.